The molecule has 0 amide bonds. The van der Waals surface area contributed by atoms with Crippen LogP contribution in [0.25, 0.3) is 0 Å². The van der Waals surface area contributed by atoms with Gasteiger partial charge in [0.05, 0.1) is 6.04 Å². The zero-order valence-corrected chi connectivity index (χ0v) is 10.2. The van der Waals surface area contributed by atoms with E-state index in [4.69, 9.17) is 4.42 Å². The van der Waals surface area contributed by atoms with E-state index in [2.05, 4.69) is 29.4 Å². The fourth-order valence-corrected chi connectivity index (χ4v) is 1.78. The van der Waals surface area contributed by atoms with E-state index >= 15 is 0 Å². The van der Waals surface area contributed by atoms with E-state index in [1.807, 2.05) is 0 Å². The molecule has 0 aromatic carbocycles. The van der Waals surface area contributed by atoms with Crippen molar-refractivity contribution in [3.63, 3.8) is 0 Å². The molecule has 0 aliphatic heterocycles. The van der Waals surface area contributed by atoms with Gasteiger partial charge in [-0.3, -0.25) is 0 Å². The summed E-state index contributed by atoms with van der Waals surface area (Å²) in [5.41, 5.74) is 0. The van der Waals surface area contributed by atoms with Crippen molar-refractivity contribution in [3.8, 4) is 0 Å². The lowest BCUT2D eigenvalue weighted by molar-refractivity contribution is 0.369. The van der Waals surface area contributed by atoms with Crippen molar-refractivity contribution in [2.45, 2.75) is 52.0 Å². The van der Waals surface area contributed by atoms with Crippen LogP contribution in [0.5, 0.6) is 0 Å². The first kappa shape index (κ1) is 11.6. The second-order valence-electron chi connectivity index (χ2n) is 4.60. The second-order valence-corrected chi connectivity index (χ2v) is 4.60. The molecular weight excluding hydrogens is 202 g/mol. The van der Waals surface area contributed by atoms with Gasteiger partial charge in [-0.2, -0.15) is 0 Å². The van der Waals surface area contributed by atoms with Crippen molar-refractivity contribution >= 4 is 0 Å². The van der Waals surface area contributed by atoms with Gasteiger partial charge in [0.15, 0.2) is 0 Å². The van der Waals surface area contributed by atoms with Crippen LogP contribution in [0.2, 0.25) is 0 Å². The van der Waals surface area contributed by atoms with Gasteiger partial charge in [-0.1, -0.05) is 13.8 Å². The average Bonchev–Trinajstić information content (AvgIpc) is 2.98. The minimum Gasteiger partial charge on any atom is -0.424 e. The molecule has 1 saturated carbocycles. The van der Waals surface area contributed by atoms with E-state index < -0.39 is 0 Å². The molecule has 90 valence electrons. The minimum absolute atomic E-state index is 0.223. The van der Waals surface area contributed by atoms with Crippen LogP contribution in [0.3, 0.4) is 0 Å². The Morgan fingerprint density at radius 1 is 1.38 bits per heavy atom. The van der Waals surface area contributed by atoms with Gasteiger partial charge < -0.3 is 9.73 Å². The second kappa shape index (κ2) is 5.43. The van der Waals surface area contributed by atoms with Gasteiger partial charge in [-0.15, -0.1) is 10.2 Å². The lowest BCUT2D eigenvalue weighted by Crippen LogP contribution is -2.21. The lowest BCUT2D eigenvalue weighted by Gasteiger charge is -2.11. The summed E-state index contributed by atoms with van der Waals surface area (Å²) in [4.78, 5) is 0. The maximum absolute atomic E-state index is 5.70. The number of nitrogens with one attached hydrogen (secondary N) is 1. The molecule has 2 rings (SSSR count). The van der Waals surface area contributed by atoms with Gasteiger partial charge in [-0.05, 0) is 38.1 Å². The first-order valence-corrected chi connectivity index (χ1v) is 6.39. The van der Waals surface area contributed by atoms with Crippen LogP contribution in [0.4, 0.5) is 0 Å². The summed E-state index contributed by atoms with van der Waals surface area (Å²) in [6.07, 6.45) is 5.73. The van der Waals surface area contributed by atoms with Crippen molar-refractivity contribution in [3.05, 3.63) is 11.8 Å². The molecule has 1 atom stereocenters. The van der Waals surface area contributed by atoms with Crippen molar-refractivity contribution in [1.29, 1.82) is 0 Å². The molecule has 1 fully saturated rings. The monoisotopic (exact) mass is 223 g/mol. The van der Waals surface area contributed by atoms with Gasteiger partial charge in [0.2, 0.25) is 11.8 Å². The molecule has 16 heavy (non-hydrogen) atoms. The third-order valence-electron chi connectivity index (χ3n) is 2.99. The Hall–Kier alpha value is -0.900. The third kappa shape index (κ3) is 3.04. The molecule has 1 aromatic heterocycles. The van der Waals surface area contributed by atoms with Crippen molar-refractivity contribution < 1.29 is 4.42 Å². The molecule has 0 spiro atoms. The molecule has 0 radical (unpaired) electrons. The molecule has 1 aliphatic carbocycles. The number of hydrogen-bond acceptors (Lipinski definition) is 4. The highest BCUT2D eigenvalue weighted by Crippen LogP contribution is 2.32. The summed E-state index contributed by atoms with van der Waals surface area (Å²) in [5.74, 6) is 2.37. The fourth-order valence-electron chi connectivity index (χ4n) is 1.78. The largest absolute Gasteiger partial charge is 0.424 e. The summed E-state index contributed by atoms with van der Waals surface area (Å²) in [7, 11) is 0. The number of rotatable bonds is 7. The fraction of sp³-hybridized carbons (Fsp3) is 0.833. The summed E-state index contributed by atoms with van der Waals surface area (Å²) >= 11 is 0. The molecule has 1 N–H and O–H groups in total. The Morgan fingerprint density at radius 3 is 2.81 bits per heavy atom. The first-order valence-electron chi connectivity index (χ1n) is 6.39. The van der Waals surface area contributed by atoms with E-state index in [0.717, 1.165) is 43.5 Å². The lowest BCUT2D eigenvalue weighted by atomic mass is 10.2. The maximum Gasteiger partial charge on any atom is 0.233 e. The number of aromatic nitrogens is 2. The smallest absolute Gasteiger partial charge is 0.233 e. The molecule has 0 saturated heterocycles. The highest BCUT2D eigenvalue weighted by molar-refractivity contribution is 4.92. The van der Waals surface area contributed by atoms with Gasteiger partial charge in [0.25, 0.3) is 0 Å². The molecule has 4 nitrogen and oxygen atoms in total. The van der Waals surface area contributed by atoms with Crippen LogP contribution in [-0.4, -0.2) is 16.7 Å². The summed E-state index contributed by atoms with van der Waals surface area (Å²) < 4.78 is 5.70. The van der Waals surface area contributed by atoms with Gasteiger partial charge in [0, 0.05) is 6.42 Å². The van der Waals surface area contributed by atoms with Gasteiger partial charge >= 0.3 is 0 Å². The van der Waals surface area contributed by atoms with Crippen LogP contribution in [0.15, 0.2) is 4.42 Å². The van der Waals surface area contributed by atoms with Crippen molar-refractivity contribution in [2.75, 3.05) is 6.54 Å². The summed E-state index contributed by atoms with van der Waals surface area (Å²) in [6.45, 7) is 5.29. The molecule has 1 aliphatic rings. The maximum atomic E-state index is 5.70. The quantitative estimate of drug-likeness (QED) is 0.771. The number of hydrogen-bond donors (Lipinski definition) is 1. The van der Waals surface area contributed by atoms with Crippen molar-refractivity contribution in [2.24, 2.45) is 5.92 Å². The third-order valence-corrected chi connectivity index (χ3v) is 2.99. The topological polar surface area (TPSA) is 51.0 Å². The highest BCUT2D eigenvalue weighted by atomic mass is 16.4. The Morgan fingerprint density at radius 2 is 2.19 bits per heavy atom. The van der Waals surface area contributed by atoms with Gasteiger partial charge in [0.1, 0.15) is 0 Å². The predicted octanol–water partition coefficient (Wildman–Crippen LogP) is 2.47. The van der Waals surface area contributed by atoms with E-state index in [-0.39, 0.29) is 6.04 Å². The first-order chi connectivity index (χ1) is 7.83. The highest BCUT2D eigenvalue weighted by Gasteiger charge is 2.25. The van der Waals surface area contributed by atoms with E-state index in [0.29, 0.717) is 0 Å². The van der Waals surface area contributed by atoms with E-state index in [9.17, 15) is 0 Å². The predicted molar refractivity (Wildman–Crippen MR) is 62.1 cm³/mol. The SMILES string of the molecule is CCCNC(CC)c1nnc(CC2CC2)o1. The molecule has 1 unspecified atom stereocenters. The summed E-state index contributed by atoms with van der Waals surface area (Å²) in [6, 6.07) is 0.223. The Balaban J connectivity index is 1.91. The Kier molecular flexibility index (Phi) is 3.93. The Labute approximate surface area is 96.8 Å². The van der Waals surface area contributed by atoms with Crippen LogP contribution in [-0.2, 0) is 6.42 Å². The average molecular weight is 223 g/mol. The summed E-state index contributed by atoms with van der Waals surface area (Å²) in [5, 5.41) is 11.7. The molecule has 4 heteroatoms. The van der Waals surface area contributed by atoms with Crippen LogP contribution < -0.4 is 5.32 Å². The standard InChI is InChI=1S/C12H21N3O/c1-3-7-13-10(4-2)12-15-14-11(16-12)8-9-5-6-9/h9-10,13H,3-8H2,1-2H3. The number of nitrogens with zero attached hydrogens (tertiary/aromatic N) is 2. The molecule has 1 aromatic rings. The van der Waals surface area contributed by atoms with Crippen LogP contribution in [0.1, 0.15) is 57.4 Å². The van der Waals surface area contributed by atoms with Crippen molar-refractivity contribution in [1.82, 2.24) is 15.5 Å². The molecular formula is C12H21N3O. The normalized spacial score (nSPS) is 17.6. The Bertz CT molecular complexity index is 320. The minimum atomic E-state index is 0.223. The van der Waals surface area contributed by atoms with E-state index in [1.54, 1.807) is 0 Å². The van der Waals surface area contributed by atoms with Crippen LogP contribution >= 0.6 is 0 Å². The zero-order valence-electron chi connectivity index (χ0n) is 10.2. The van der Waals surface area contributed by atoms with Gasteiger partial charge in [-0.25, -0.2) is 0 Å². The van der Waals surface area contributed by atoms with Crippen LogP contribution in [0, 0.1) is 5.92 Å². The molecule has 1 heterocycles. The zero-order chi connectivity index (χ0) is 11.4. The molecule has 0 bridgehead atoms. The van der Waals surface area contributed by atoms with E-state index in [1.165, 1.54) is 12.8 Å².